The molecule has 1 aliphatic carbocycles. The zero-order chi connectivity index (χ0) is 20.9. The van der Waals surface area contributed by atoms with Gasteiger partial charge in [-0.25, -0.2) is 4.98 Å². The van der Waals surface area contributed by atoms with Crippen LogP contribution in [-0.2, 0) is 24.3 Å². The van der Waals surface area contributed by atoms with E-state index in [4.69, 9.17) is 15.5 Å². The molecular weight excluding hydrogens is 394 g/mol. The molecule has 2 aliphatic heterocycles. The van der Waals surface area contributed by atoms with Crippen molar-refractivity contribution in [2.45, 2.75) is 44.8 Å². The summed E-state index contributed by atoms with van der Waals surface area (Å²) >= 11 is 0. The minimum atomic E-state index is -0.353. The van der Waals surface area contributed by atoms with Gasteiger partial charge in [-0.1, -0.05) is 0 Å². The SMILES string of the molecule is NC(=O)[C@@H](Nc1cc2c3c(c1)nc(N1CCc4nccnc4C1)n3CCCO2)C1CC1. The fourth-order valence-corrected chi connectivity index (χ4v) is 4.71. The maximum Gasteiger partial charge on any atom is 0.240 e. The lowest BCUT2D eigenvalue weighted by Gasteiger charge is -2.28. The minimum absolute atomic E-state index is 0.311. The number of fused-ring (bicyclic) bond motifs is 1. The molecule has 9 heteroatoms. The maximum absolute atomic E-state index is 11.9. The Morgan fingerprint density at radius 3 is 2.84 bits per heavy atom. The number of hydrogen-bond donors (Lipinski definition) is 2. The van der Waals surface area contributed by atoms with Crippen LogP contribution in [0.5, 0.6) is 5.75 Å². The predicted molar refractivity (Wildman–Crippen MR) is 116 cm³/mol. The number of nitrogens with one attached hydrogen (secondary N) is 1. The minimum Gasteiger partial charge on any atom is -0.491 e. The van der Waals surface area contributed by atoms with Crippen LogP contribution in [0.15, 0.2) is 24.5 Å². The number of benzene rings is 1. The van der Waals surface area contributed by atoms with Crippen LogP contribution in [0, 0.1) is 5.92 Å². The van der Waals surface area contributed by atoms with Crippen molar-refractivity contribution >= 4 is 28.6 Å². The van der Waals surface area contributed by atoms with Crippen molar-refractivity contribution in [3.63, 3.8) is 0 Å². The van der Waals surface area contributed by atoms with Gasteiger partial charge in [-0.2, -0.15) is 0 Å². The van der Waals surface area contributed by atoms with Crippen molar-refractivity contribution in [3.8, 4) is 5.75 Å². The third-order valence-corrected chi connectivity index (χ3v) is 6.39. The molecule has 4 heterocycles. The van der Waals surface area contributed by atoms with Gasteiger partial charge < -0.3 is 25.3 Å². The topological polar surface area (TPSA) is 111 Å². The number of imidazole rings is 1. The highest BCUT2D eigenvalue weighted by Crippen LogP contribution is 2.38. The van der Waals surface area contributed by atoms with Crippen molar-refractivity contribution in [2.24, 2.45) is 11.7 Å². The lowest BCUT2D eigenvalue weighted by molar-refractivity contribution is -0.119. The van der Waals surface area contributed by atoms with Crippen LogP contribution in [0.4, 0.5) is 11.6 Å². The molecule has 1 fully saturated rings. The summed E-state index contributed by atoms with van der Waals surface area (Å²) in [5.74, 6) is 1.74. The van der Waals surface area contributed by atoms with Gasteiger partial charge in [0.2, 0.25) is 11.9 Å². The van der Waals surface area contributed by atoms with Gasteiger partial charge in [0.05, 0.1) is 30.1 Å². The molecule has 1 amide bonds. The predicted octanol–water partition coefficient (Wildman–Crippen LogP) is 1.85. The molecule has 0 spiro atoms. The summed E-state index contributed by atoms with van der Waals surface area (Å²) in [6.07, 6.45) is 7.33. The monoisotopic (exact) mass is 419 g/mol. The molecule has 160 valence electrons. The number of aryl methyl sites for hydroxylation is 1. The lowest BCUT2D eigenvalue weighted by Crippen LogP contribution is -2.37. The number of primary amides is 1. The second kappa shape index (κ2) is 7.11. The molecule has 1 atom stereocenters. The molecule has 3 N–H and O–H groups in total. The van der Waals surface area contributed by atoms with Gasteiger partial charge in [-0.05, 0) is 31.2 Å². The van der Waals surface area contributed by atoms with Gasteiger partial charge in [0, 0.05) is 43.7 Å². The summed E-state index contributed by atoms with van der Waals surface area (Å²) in [7, 11) is 0. The number of carbonyl (C=O) groups is 1. The van der Waals surface area contributed by atoms with Crippen molar-refractivity contribution in [3.05, 3.63) is 35.9 Å². The van der Waals surface area contributed by atoms with Crippen LogP contribution in [-0.4, -0.2) is 44.6 Å². The molecule has 0 unspecified atom stereocenters. The van der Waals surface area contributed by atoms with Gasteiger partial charge in [-0.15, -0.1) is 0 Å². The Kier molecular flexibility index (Phi) is 4.22. The molecule has 9 nitrogen and oxygen atoms in total. The Labute approximate surface area is 179 Å². The molecule has 1 saturated carbocycles. The Bertz CT molecular complexity index is 1170. The Hall–Kier alpha value is -3.36. The number of anilines is 2. The van der Waals surface area contributed by atoms with Crippen molar-refractivity contribution in [1.29, 1.82) is 0 Å². The van der Waals surface area contributed by atoms with E-state index in [9.17, 15) is 4.79 Å². The van der Waals surface area contributed by atoms with E-state index in [0.717, 1.165) is 78.6 Å². The van der Waals surface area contributed by atoms with Crippen LogP contribution in [0.25, 0.3) is 11.0 Å². The number of ether oxygens (including phenoxy) is 1. The summed E-state index contributed by atoms with van der Waals surface area (Å²) in [4.78, 5) is 28.2. The van der Waals surface area contributed by atoms with E-state index < -0.39 is 0 Å². The normalized spacial score (nSPS) is 18.8. The quantitative estimate of drug-likeness (QED) is 0.649. The van der Waals surface area contributed by atoms with Crippen molar-refractivity contribution in [2.75, 3.05) is 23.4 Å². The van der Waals surface area contributed by atoms with E-state index in [2.05, 4.69) is 24.8 Å². The second-order valence-corrected chi connectivity index (χ2v) is 8.59. The number of carbonyl (C=O) groups excluding carboxylic acids is 1. The number of hydrogen-bond acceptors (Lipinski definition) is 7. The fraction of sp³-hybridized carbons (Fsp3) is 0.455. The van der Waals surface area contributed by atoms with Gasteiger partial charge in [0.15, 0.2) is 0 Å². The van der Waals surface area contributed by atoms with Gasteiger partial charge >= 0.3 is 0 Å². The average molecular weight is 419 g/mol. The van der Waals surface area contributed by atoms with Gasteiger partial charge in [0.25, 0.3) is 0 Å². The van der Waals surface area contributed by atoms with Crippen LogP contribution < -0.4 is 20.7 Å². The molecular formula is C22H25N7O2. The number of nitrogens with zero attached hydrogens (tertiary/aromatic N) is 5. The highest BCUT2D eigenvalue weighted by Gasteiger charge is 2.35. The van der Waals surface area contributed by atoms with Crippen LogP contribution >= 0.6 is 0 Å². The van der Waals surface area contributed by atoms with Crippen LogP contribution in [0.1, 0.15) is 30.7 Å². The standard InChI is InChI=1S/C22H25N7O2/c23-21(30)19(13-2-3-13)26-14-10-16-20-18(11-14)31-9-1-7-29(20)22(27-16)28-8-4-15-17(12-28)25-6-5-24-15/h5-6,10-11,13,19,26H,1-4,7-9,12H2,(H2,23,30)/t19-/m0/s1. The third-order valence-electron chi connectivity index (χ3n) is 6.39. The van der Waals surface area contributed by atoms with Crippen molar-refractivity contribution in [1.82, 2.24) is 19.5 Å². The molecule has 3 aromatic rings. The van der Waals surface area contributed by atoms with E-state index in [1.807, 2.05) is 12.1 Å². The molecule has 31 heavy (non-hydrogen) atoms. The summed E-state index contributed by atoms with van der Waals surface area (Å²) in [6.45, 7) is 3.04. The van der Waals surface area contributed by atoms with Crippen molar-refractivity contribution < 1.29 is 9.53 Å². The Morgan fingerprint density at radius 2 is 2.03 bits per heavy atom. The van der Waals surface area contributed by atoms with Crippen LogP contribution in [0.3, 0.4) is 0 Å². The van der Waals surface area contributed by atoms with Crippen LogP contribution in [0.2, 0.25) is 0 Å². The van der Waals surface area contributed by atoms with E-state index in [1.54, 1.807) is 12.4 Å². The summed E-state index contributed by atoms with van der Waals surface area (Å²) in [6, 6.07) is 3.63. The molecule has 6 rings (SSSR count). The average Bonchev–Trinajstić information content (AvgIpc) is 3.57. The number of amides is 1. The summed E-state index contributed by atoms with van der Waals surface area (Å²) < 4.78 is 8.34. The first-order valence-corrected chi connectivity index (χ1v) is 10.9. The highest BCUT2D eigenvalue weighted by molar-refractivity contribution is 5.90. The molecule has 1 aromatic carbocycles. The molecule has 0 radical (unpaired) electrons. The zero-order valence-electron chi connectivity index (χ0n) is 17.3. The first kappa shape index (κ1) is 18.4. The zero-order valence-corrected chi connectivity index (χ0v) is 17.3. The highest BCUT2D eigenvalue weighted by atomic mass is 16.5. The van der Waals surface area contributed by atoms with E-state index in [-0.39, 0.29) is 11.9 Å². The van der Waals surface area contributed by atoms with Gasteiger partial charge in [0.1, 0.15) is 17.3 Å². The molecule has 0 saturated heterocycles. The molecule has 3 aliphatic rings. The van der Waals surface area contributed by atoms with E-state index in [0.29, 0.717) is 19.1 Å². The fourth-order valence-electron chi connectivity index (χ4n) is 4.71. The largest absolute Gasteiger partial charge is 0.491 e. The molecule has 2 aromatic heterocycles. The Morgan fingerprint density at radius 1 is 1.19 bits per heavy atom. The molecule has 0 bridgehead atoms. The number of rotatable bonds is 5. The first-order valence-electron chi connectivity index (χ1n) is 10.9. The smallest absolute Gasteiger partial charge is 0.240 e. The van der Waals surface area contributed by atoms with E-state index >= 15 is 0 Å². The van der Waals surface area contributed by atoms with E-state index in [1.165, 1.54) is 0 Å². The third kappa shape index (κ3) is 3.24. The summed E-state index contributed by atoms with van der Waals surface area (Å²) in [5, 5.41) is 3.34. The Balaban J connectivity index is 1.39. The van der Waals surface area contributed by atoms with Gasteiger partial charge in [-0.3, -0.25) is 14.8 Å². The lowest BCUT2D eigenvalue weighted by atomic mass is 10.1. The number of nitrogens with two attached hydrogens (primary N) is 1. The summed E-state index contributed by atoms with van der Waals surface area (Å²) in [5.41, 5.74) is 10.4. The number of aromatic nitrogens is 4. The first-order chi connectivity index (χ1) is 15.2. The second-order valence-electron chi connectivity index (χ2n) is 8.59. The maximum atomic E-state index is 11.9.